The van der Waals surface area contributed by atoms with Gasteiger partial charge in [-0.2, -0.15) is 0 Å². The summed E-state index contributed by atoms with van der Waals surface area (Å²) in [6.45, 7) is 2.19. The highest BCUT2D eigenvalue weighted by Gasteiger charge is 2.72. The predicted octanol–water partition coefficient (Wildman–Crippen LogP) is -1.04. The van der Waals surface area contributed by atoms with E-state index in [0.717, 1.165) is 0 Å². The van der Waals surface area contributed by atoms with E-state index in [0.29, 0.717) is 23.4 Å². The summed E-state index contributed by atoms with van der Waals surface area (Å²) in [5, 5.41) is 3.32. The van der Waals surface area contributed by atoms with E-state index in [1.165, 1.54) is 7.11 Å². The van der Waals surface area contributed by atoms with Crippen LogP contribution in [0.4, 0.5) is 4.79 Å². The lowest BCUT2D eigenvalue weighted by Crippen LogP contribution is -2.55. The van der Waals surface area contributed by atoms with Crippen LogP contribution in [-0.4, -0.2) is 79.1 Å². The molecule has 9 heteroatoms. The second kappa shape index (κ2) is 6.09. The number of piperazine rings is 1. The van der Waals surface area contributed by atoms with E-state index in [4.69, 9.17) is 21.6 Å². The molecule has 4 aliphatic rings. The minimum absolute atomic E-state index is 0.0719. The first-order valence-corrected chi connectivity index (χ1v) is 8.99. The van der Waals surface area contributed by atoms with Gasteiger partial charge in [0.2, 0.25) is 11.6 Å². The Bertz CT molecular complexity index is 900. The molecule has 9 nitrogen and oxygen atoms in total. The number of carbonyl (C=O) groups excluding carboxylic acids is 3. The number of ketones is 2. The van der Waals surface area contributed by atoms with Crippen molar-refractivity contribution < 1.29 is 23.9 Å². The fourth-order valence-corrected chi connectivity index (χ4v) is 4.95. The molecule has 0 saturated carbocycles. The number of carbonyl (C=O) groups is 3. The Labute approximate surface area is 162 Å². The third-order valence-corrected chi connectivity index (χ3v) is 6.11. The SMILES string of the molecule is C#CCN(C)C1=C(C)C(=O)C2=C(C1=O)C(COC(N)=O)C1(OC)C3NC3CN21. The van der Waals surface area contributed by atoms with Gasteiger partial charge in [-0.1, -0.05) is 5.92 Å². The predicted molar refractivity (Wildman–Crippen MR) is 97.4 cm³/mol. The molecule has 1 aliphatic carbocycles. The van der Waals surface area contributed by atoms with Crippen molar-refractivity contribution in [1.82, 2.24) is 15.1 Å². The van der Waals surface area contributed by atoms with Gasteiger partial charge in [-0.15, -0.1) is 6.42 Å². The standard InChI is InChI=1S/C19H22N4O5/c1-5-6-22(3)13-9(2)15(24)14-12(16(13)25)10(8-28-18(20)26)19(27-4)17-11(21-17)7-23(14)19/h1,10-11,17,21H,6-8H2,2-4H3,(H2,20,26). The van der Waals surface area contributed by atoms with Crippen LogP contribution in [0.1, 0.15) is 6.92 Å². The van der Waals surface area contributed by atoms with E-state index in [2.05, 4.69) is 11.2 Å². The molecule has 1 amide bonds. The van der Waals surface area contributed by atoms with Crippen molar-refractivity contribution in [1.29, 1.82) is 0 Å². The molecule has 0 spiro atoms. The normalized spacial score (nSPS) is 32.8. The largest absolute Gasteiger partial charge is 0.449 e. The monoisotopic (exact) mass is 386 g/mol. The zero-order valence-electron chi connectivity index (χ0n) is 15.9. The Morgan fingerprint density at radius 3 is 2.79 bits per heavy atom. The number of amides is 1. The van der Waals surface area contributed by atoms with Gasteiger partial charge >= 0.3 is 6.09 Å². The zero-order valence-corrected chi connectivity index (χ0v) is 15.9. The van der Waals surface area contributed by atoms with E-state index in [-0.39, 0.29) is 42.5 Å². The van der Waals surface area contributed by atoms with Crippen molar-refractivity contribution in [2.24, 2.45) is 11.7 Å². The van der Waals surface area contributed by atoms with E-state index < -0.39 is 17.7 Å². The molecule has 2 saturated heterocycles. The number of hydrogen-bond acceptors (Lipinski definition) is 8. The fourth-order valence-electron chi connectivity index (χ4n) is 4.95. The second-order valence-corrected chi connectivity index (χ2v) is 7.45. The van der Waals surface area contributed by atoms with Crippen LogP contribution >= 0.6 is 0 Å². The van der Waals surface area contributed by atoms with Gasteiger partial charge in [-0.3, -0.25) is 9.59 Å². The third kappa shape index (κ3) is 2.19. The summed E-state index contributed by atoms with van der Waals surface area (Å²) in [6.07, 6.45) is 4.44. The molecule has 3 N–H and O–H groups in total. The number of allylic oxidation sites excluding steroid dienone is 2. The van der Waals surface area contributed by atoms with Crippen LogP contribution in [0.5, 0.6) is 0 Å². The maximum atomic E-state index is 13.5. The maximum absolute atomic E-state index is 13.5. The quantitative estimate of drug-likeness (QED) is 0.349. The molecular formula is C19H22N4O5. The number of primary amides is 1. The van der Waals surface area contributed by atoms with Gasteiger partial charge in [0.25, 0.3) is 0 Å². The Kier molecular flexibility index (Phi) is 4.03. The molecule has 148 valence electrons. The highest BCUT2D eigenvalue weighted by Crippen LogP contribution is 2.55. The van der Waals surface area contributed by atoms with E-state index in [9.17, 15) is 14.4 Å². The molecule has 4 unspecified atom stereocenters. The first kappa shape index (κ1) is 18.5. The summed E-state index contributed by atoms with van der Waals surface area (Å²) in [7, 11) is 3.21. The van der Waals surface area contributed by atoms with Gasteiger partial charge in [0.1, 0.15) is 6.61 Å². The number of likely N-dealkylation sites (N-methyl/N-ethyl adjacent to an activating group) is 1. The molecule has 0 aromatic carbocycles. The van der Waals surface area contributed by atoms with Gasteiger partial charge in [0.15, 0.2) is 5.72 Å². The smallest absolute Gasteiger partial charge is 0.404 e. The van der Waals surface area contributed by atoms with Crippen LogP contribution in [0.15, 0.2) is 22.5 Å². The lowest BCUT2D eigenvalue weighted by Gasteiger charge is -2.39. The number of nitrogens with zero attached hydrogens (tertiary/aromatic N) is 2. The first-order chi connectivity index (χ1) is 13.3. The van der Waals surface area contributed by atoms with Gasteiger partial charge in [0.05, 0.1) is 29.9 Å². The van der Waals surface area contributed by atoms with E-state index in [1.807, 2.05) is 4.90 Å². The zero-order chi connectivity index (χ0) is 20.4. The molecule has 0 bridgehead atoms. The summed E-state index contributed by atoms with van der Waals surface area (Å²) in [4.78, 5) is 41.5. The second-order valence-electron chi connectivity index (χ2n) is 7.45. The lowest BCUT2D eigenvalue weighted by atomic mass is 9.82. The Morgan fingerprint density at radius 2 is 2.18 bits per heavy atom. The Balaban J connectivity index is 1.82. The minimum Gasteiger partial charge on any atom is -0.449 e. The van der Waals surface area contributed by atoms with Gasteiger partial charge < -0.3 is 30.3 Å². The minimum atomic E-state index is -0.976. The molecule has 4 atom stereocenters. The number of nitrogens with two attached hydrogens (primary N) is 1. The van der Waals surface area contributed by atoms with Crippen molar-refractivity contribution >= 4 is 17.7 Å². The van der Waals surface area contributed by atoms with Crippen LogP contribution < -0.4 is 11.1 Å². The van der Waals surface area contributed by atoms with Crippen LogP contribution in [0.3, 0.4) is 0 Å². The molecule has 2 fully saturated rings. The van der Waals surface area contributed by atoms with Gasteiger partial charge in [-0.05, 0) is 6.92 Å². The van der Waals surface area contributed by atoms with Crippen molar-refractivity contribution in [2.75, 3.05) is 33.9 Å². The van der Waals surface area contributed by atoms with Crippen molar-refractivity contribution in [3.63, 3.8) is 0 Å². The fraction of sp³-hybridized carbons (Fsp3) is 0.526. The average molecular weight is 386 g/mol. The van der Waals surface area contributed by atoms with E-state index in [1.54, 1.807) is 18.9 Å². The molecule has 0 radical (unpaired) electrons. The number of methoxy groups -OCH3 is 1. The van der Waals surface area contributed by atoms with Crippen LogP contribution in [0, 0.1) is 18.3 Å². The van der Waals surface area contributed by atoms with Gasteiger partial charge in [0, 0.05) is 37.9 Å². The Morgan fingerprint density at radius 1 is 1.46 bits per heavy atom. The molecule has 4 rings (SSSR count). The van der Waals surface area contributed by atoms with E-state index >= 15 is 0 Å². The highest BCUT2D eigenvalue weighted by atomic mass is 16.6. The van der Waals surface area contributed by atoms with Crippen molar-refractivity contribution in [3.05, 3.63) is 22.5 Å². The van der Waals surface area contributed by atoms with Crippen LogP contribution in [0.2, 0.25) is 0 Å². The van der Waals surface area contributed by atoms with Crippen molar-refractivity contribution in [3.8, 4) is 12.3 Å². The molecule has 3 heterocycles. The molecular weight excluding hydrogens is 364 g/mol. The number of ether oxygens (including phenoxy) is 2. The summed E-state index contributed by atoms with van der Waals surface area (Å²) >= 11 is 0. The Hall–Kier alpha value is -2.83. The third-order valence-electron chi connectivity index (χ3n) is 6.11. The average Bonchev–Trinajstić information content (AvgIpc) is 3.25. The summed E-state index contributed by atoms with van der Waals surface area (Å²) in [5.74, 6) is 1.30. The number of nitrogens with one attached hydrogen (secondary N) is 1. The van der Waals surface area contributed by atoms with Crippen LogP contribution in [-0.2, 0) is 19.1 Å². The molecule has 0 aromatic heterocycles. The number of Topliss-reactive ketones (excluding diaryl/α,β-unsaturated/α-hetero) is 2. The summed E-state index contributed by atoms with van der Waals surface area (Å²) in [6, 6.07) is 0.0835. The number of hydrogen-bond donors (Lipinski definition) is 2. The molecule has 0 aromatic rings. The molecule has 28 heavy (non-hydrogen) atoms. The van der Waals surface area contributed by atoms with Gasteiger partial charge in [-0.25, -0.2) is 4.79 Å². The first-order valence-electron chi connectivity index (χ1n) is 8.99. The highest BCUT2D eigenvalue weighted by molar-refractivity contribution is 6.25. The number of terminal acetylenes is 1. The number of fused-ring (bicyclic) bond motifs is 4. The summed E-state index contributed by atoms with van der Waals surface area (Å²) < 4.78 is 11.0. The lowest BCUT2D eigenvalue weighted by molar-refractivity contribution is -0.137. The van der Waals surface area contributed by atoms with Crippen molar-refractivity contribution in [2.45, 2.75) is 24.7 Å². The maximum Gasteiger partial charge on any atom is 0.404 e. The topological polar surface area (TPSA) is 124 Å². The summed E-state index contributed by atoms with van der Waals surface area (Å²) in [5.41, 5.74) is 5.42. The molecule has 3 aliphatic heterocycles. The van der Waals surface area contributed by atoms with Crippen LogP contribution in [0.25, 0.3) is 0 Å². The number of rotatable bonds is 5.